The fourth-order valence-corrected chi connectivity index (χ4v) is 3.20. The zero-order chi connectivity index (χ0) is 18.6. The van der Waals surface area contributed by atoms with Crippen LogP contribution in [0.15, 0.2) is 18.2 Å². The first-order chi connectivity index (χ1) is 11.9. The van der Waals surface area contributed by atoms with Crippen molar-refractivity contribution >= 4 is 18.1 Å². The van der Waals surface area contributed by atoms with Crippen molar-refractivity contribution in [2.75, 3.05) is 13.7 Å². The number of likely N-dealkylation sites (tertiary alicyclic amines) is 1. The molecule has 1 aromatic carbocycles. The Kier molecular flexibility index (Phi) is 6.17. The highest BCUT2D eigenvalue weighted by Gasteiger charge is 2.35. The molecule has 0 aromatic heterocycles. The van der Waals surface area contributed by atoms with Gasteiger partial charge in [-0.05, 0) is 37.8 Å². The quantitative estimate of drug-likeness (QED) is 0.799. The number of aldehydes is 1. The number of carbonyl (C=O) groups excluding carboxylic acids is 3. The molecule has 0 saturated carbocycles. The highest BCUT2D eigenvalue weighted by atomic mass is 16.5. The zero-order valence-electron chi connectivity index (χ0n) is 15.2. The van der Waals surface area contributed by atoms with Crippen LogP contribution in [0.4, 0.5) is 0 Å². The highest BCUT2D eigenvalue weighted by Crippen LogP contribution is 2.22. The summed E-state index contributed by atoms with van der Waals surface area (Å²) in [5.74, 6) is 0.0275. The lowest BCUT2D eigenvalue weighted by molar-refractivity contribution is -0.137. The van der Waals surface area contributed by atoms with Crippen molar-refractivity contribution in [2.45, 2.75) is 45.7 Å². The summed E-state index contributed by atoms with van der Waals surface area (Å²) in [5.41, 5.74) is 1.20. The van der Waals surface area contributed by atoms with Crippen LogP contribution in [0.3, 0.4) is 0 Å². The third-order valence-corrected chi connectivity index (χ3v) is 4.71. The molecule has 2 amide bonds. The molecule has 1 aliphatic heterocycles. The van der Waals surface area contributed by atoms with E-state index in [1.807, 2.05) is 20.8 Å². The van der Waals surface area contributed by atoms with Gasteiger partial charge in [-0.2, -0.15) is 0 Å². The monoisotopic (exact) mass is 346 g/mol. The van der Waals surface area contributed by atoms with Gasteiger partial charge >= 0.3 is 0 Å². The normalized spacial score (nSPS) is 18.1. The van der Waals surface area contributed by atoms with Gasteiger partial charge < -0.3 is 19.7 Å². The molecule has 0 unspecified atom stereocenters. The summed E-state index contributed by atoms with van der Waals surface area (Å²) in [4.78, 5) is 38.3. The minimum Gasteiger partial charge on any atom is -0.496 e. The lowest BCUT2D eigenvalue weighted by Gasteiger charge is -2.29. The van der Waals surface area contributed by atoms with Crippen molar-refractivity contribution in [3.63, 3.8) is 0 Å². The predicted molar refractivity (Wildman–Crippen MR) is 94.6 cm³/mol. The number of nitrogens with zero attached hydrogens (tertiary/aromatic N) is 1. The second kappa shape index (κ2) is 8.14. The molecule has 1 heterocycles. The van der Waals surface area contributed by atoms with Gasteiger partial charge in [-0.1, -0.05) is 19.9 Å². The van der Waals surface area contributed by atoms with Crippen LogP contribution in [0.5, 0.6) is 5.75 Å². The van der Waals surface area contributed by atoms with Crippen LogP contribution < -0.4 is 10.1 Å². The molecule has 25 heavy (non-hydrogen) atoms. The topological polar surface area (TPSA) is 75.7 Å². The Bertz CT molecular complexity index is 657. The molecule has 0 radical (unpaired) electrons. The summed E-state index contributed by atoms with van der Waals surface area (Å²) in [6, 6.07) is 4.19. The summed E-state index contributed by atoms with van der Waals surface area (Å²) < 4.78 is 5.25. The molecule has 1 aliphatic rings. The fourth-order valence-electron chi connectivity index (χ4n) is 3.20. The second-order valence-electron chi connectivity index (χ2n) is 6.71. The molecule has 2 atom stereocenters. The van der Waals surface area contributed by atoms with E-state index >= 15 is 0 Å². The number of ether oxygens (including phenoxy) is 1. The van der Waals surface area contributed by atoms with Gasteiger partial charge in [-0.15, -0.1) is 0 Å². The van der Waals surface area contributed by atoms with Gasteiger partial charge in [0.2, 0.25) is 5.91 Å². The minimum absolute atomic E-state index is 0.0877. The van der Waals surface area contributed by atoms with E-state index in [4.69, 9.17) is 4.74 Å². The summed E-state index contributed by atoms with van der Waals surface area (Å²) in [6.45, 7) is 6.13. The summed E-state index contributed by atoms with van der Waals surface area (Å²) in [6.07, 6.45) is 2.31. The van der Waals surface area contributed by atoms with Crippen LogP contribution in [0.1, 0.15) is 42.6 Å². The van der Waals surface area contributed by atoms with Crippen molar-refractivity contribution < 1.29 is 19.1 Å². The predicted octanol–water partition coefficient (Wildman–Crippen LogP) is 1.95. The molecule has 1 fully saturated rings. The van der Waals surface area contributed by atoms with Crippen LogP contribution in [0, 0.1) is 12.8 Å². The van der Waals surface area contributed by atoms with Gasteiger partial charge in [0, 0.05) is 17.7 Å². The molecule has 1 N–H and O–H groups in total. The number of hydrogen-bond donors (Lipinski definition) is 1. The van der Waals surface area contributed by atoms with E-state index in [1.165, 1.54) is 0 Å². The maximum atomic E-state index is 12.9. The highest BCUT2D eigenvalue weighted by molar-refractivity contribution is 5.99. The van der Waals surface area contributed by atoms with E-state index in [2.05, 4.69) is 5.32 Å². The average molecular weight is 346 g/mol. The van der Waals surface area contributed by atoms with Crippen LogP contribution in [0.2, 0.25) is 0 Å². The second-order valence-corrected chi connectivity index (χ2v) is 6.71. The van der Waals surface area contributed by atoms with Crippen LogP contribution in [0.25, 0.3) is 0 Å². The molecule has 0 aliphatic carbocycles. The van der Waals surface area contributed by atoms with Crippen molar-refractivity contribution in [3.8, 4) is 5.75 Å². The van der Waals surface area contributed by atoms with E-state index < -0.39 is 6.04 Å². The van der Waals surface area contributed by atoms with Crippen molar-refractivity contribution in [1.29, 1.82) is 0 Å². The summed E-state index contributed by atoms with van der Waals surface area (Å²) in [5, 5.41) is 2.84. The third-order valence-electron chi connectivity index (χ3n) is 4.71. The molecule has 6 nitrogen and oxygen atoms in total. The lowest BCUT2D eigenvalue weighted by Crippen LogP contribution is -2.52. The maximum absolute atomic E-state index is 12.9. The summed E-state index contributed by atoms with van der Waals surface area (Å²) in [7, 11) is 1.55. The van der Waals surface area contributed by atoms with Crippen molar-refractivity contribution in [2.24, 2.45) is 5.92 Å². The van der Waals surface area contributed by atoms with Gasteiger partial charge in [0.05, 0.1) is 13.2 Å². The number of hydrogen-bond acceptors (Lipinski definition) is 4. The Morgan fingerprint density at radius 2 is 2.08 bits per heavy atom. The van der Waals surface area contributed by atoms with E-state index in [0.29, 0.717) is 24.3 Å². The van der Waals surface area contributed by atoms with Crippen LogP contribution >= 0.6 is 0 Å². The van der Waals surface area contributed by atoms with Gasteiger partial charge in [-0.3, -0.25) is 9.59 Å². The first kappa shape index (κ1) is 19.0. The molecule has 136 valence electrons. The van der Waals surface area contributed by atoms with Gasteiger partial charge in [0.25, 0.3) is 5.91 Å². The Morgan fingerprint density at radius 3 is 2.68 bits per heavy atom. The fraction of sp³-hybridized carbons (Fsp3) is 0.526. The minimum atomic E-state index is -0.668. The number of benzene rings is 1. The molecule has 1 aromatic rings. The third kappa shape index (κ3) is 4.00. The summed E-state index contributed by atoms with van der Waals surface area (Å²) >= 11 is 0. The van der Waals surface area contributed by atoms with Crippen LogP contribution in [-0.4, -0.2) is 48.7 Å². The van der Waals surface area contributed by atoms with E-state index in [9.17, 15) is 14.4 Å². The molecule has 6 heteroatoms. The zero-order valence-corrected chi connectivity index (χ0v) is 15.2. The smallest absolute Gasteiger partial charge is 0.252 e. The first-order valence-corrected chi connectivity index (χ1v) is 8.61. The van der Waals surface area contributed by atoms with Gasteiger partial charge in [0.15, 0.2) is 0 Å². The van der Waals surface area contributed by atoms with Crippen molar-refractivity contribution in [1.82, 2.24) is 10.2 Å². The molecular formula is C19H26N2O4. The number of amides is 2. The molecule has 0 spiro atoms. The van der Waals surface area contributed by atoms with E-state index in [-0.39, 0.29) is 23.8 Å². The Balaban J connectivity index is 2.20. The van der Waals surface area contributed by atoms with E-state index in [0.717, 1.165) is 18.3 Å². The van der Waals surface area contributed by atoms with E-state index in [1.54, 1.807) is 30.2 Å². The molecule has 2 rings (SSSR count). The maximum Gasteiger partial charge on any atom is 0.252 e. The molecule has 1 saturated heterocycles. The molecular weight excluding hydrogens is 320 g/mol. The lowest BCUT2D eigenvalue weighted by atomic mass is 10.0. The van der Waals surface area contributed by atoms with Gasteiger partial charge in [-0.25, -0.2) is 0 Å². The van der Waals surface area contributed by atoms with Gasteiger partial charge in [0.1, 0.15) is 18.1 Å². The molecule has 0 bridgehead atoms. The van der Waals surface area contributed by atoms with Crippen molar-refractivity contribution in [3.05, 3.63) is 29.3 Å². The number of methoxy groups -OCH3 is 1. The Morgan fingerprint density at radius 1 is 1.36 bits per heavy atom. The largest absolute Gasteiger partial charge is 0.496 e. The average Bonchev–Trinajstić information content (AvgIpc) is 3.07. The van der Waals surface area contributed by atoms with Crippen LogP contribution in [-0.2, 0) is 9.59 Å². The number of rotatable bonds is 6. The standard InChI is InChI=1S/C19H26N2O4/c1-12(2)17(19(24)21-10-6-7-14(21)11-22)20-18(23)15-8-5-9-16(25-4)13(15)3/h5,8-9,11-12,14,17H,6-7,10H2,1-4H3,(H,20,23)/t14-,17-/m0/s1. The number of carbonyl (C=O) groups is 3. The SMILES string of the molecule is COc1cccc(C(=O)N[C@H](C(=O)N2CCC[C@H]2C=O)C(C)C)c1C. The first-order valence-electron chi connectivity index (χ1n) is 8.61. The Hall–Kier alpha value is -2.37. The number of nitrogens with one attached hydrogen (secondary N) is 1. The Labute approximate surface area is 148 Å².